The van der Waals surface area contributed by atoms with E-state index >= 15 is 0 Å². The van der Waals surface area contributed by atoms with Crippen LogP contribution in [0.2, 0.25) is 6.55 Å². The van der Waals surface area contributed by atoms with E-state index in [9.17, 15) is 0 Å². The van der Waals surface area contributed by atoms with Crippen LogP contribution in [0.1, 0.15) is 6.92 Å². The number of nitrogens with one attached hydrogen (secondary N) is 1. The average Bonchev–Trinajstić information content (AvgIpc) is 1.68. The van der Waals surface area contributed by atoms with Crippen LogP contribution in [0.15, 0.2) is 12.3 Å². The summed E-state index contributed by atoms with van der Waals surface area (Å²) in [4.78, 5) is 3.32. The van der Waals surface area contributed by atoms with Gasteiger partial charge in [-0.2, -0.15) is 0 Å². The summed E-state index contributed by atoms with van der Waals surface area (Å²) in [5.41, 5.74) is 2.03. The van der Waals surface area contributed by atoms with E-state index in [1.807, 2.05) is 5.70 Å². The van der Waals surface area contributed by atoms with Gasteiger partial charge in [0.05, 0.1) is 0 Å². The lowest BCUT2D eigenvalue weighted by molar-refractivity contribution is 0.995. The Morgan fingerprint density at radius 3 is 2.57 bits per heavy atom. The third-order valence-corrected chi connectivity index (χ3v) is 2.64. The highest BCUT2D eigenvalue weighted by molar-refractivity contribution is 6.60. The second kappa shape index (κ2) is 4.09. The van der Waals surface area contributed by atoms with E-state index in [-0.39, 0.29) is 0 Å². The maximum absolute atomic E-state index is 3.68. The van der Waals surface area contributed by atoms with Crippen molar-refractivity contribution >= 4 is 8.96 Å². The Bertz CT molecular complexity index is 54.0. The molecule has 1 N–H and O–H groups in total. The van der Waals surface area contributed by atoms with Crippen LogP contribution in [-0.4, -0.2) is 15.5 Å². The largest absolute Gasteiger partial charge is 0.337 e. The average molecular weight is 115 g/mol. The van der Waals surface area contributed by atoms with Crippen LogP contribution in [0, 0.1) is 0 Å². The Hall–Kier alpha value is -0.0831. The van der Waals surface area contributed by atoms with E-state index in [0.717, 1.165) is 6.54 Å². The van der Waals surface area contributed by atoms with Crippen molar-refractivity contribution in [2.24, 2.45) is 0 Å². The summed E-state index contributed by atoms with van der Waals surface area (Å²) in [5, 5.41) is 0. The molecule has 0 saturated carbocycles. The van der Waals surface area contributed by atoms with Crippen molar-refractivity contribution in [1.29, 1.82) is 0 Å². The Labute approximate surface area is 47.1 Å². The quantitative estimate of drug-likeness (QED) is 0.533. The molecule has 0 aliphatic rings. The minimum Gasteiger partial charge on any atom is -0.337 e. The normalized spacial score (nSPS) is 13.4. The SMILES string of the molecule is C=C[SiH](C)NCC. The van der Waals surface area contributed by atoms with Crippen molar-refractivity contribution in [3.63, 3.8) is 0 Å². The minimum atomic E-state index is -0.667. The molecule has 1 nitrogen and oxygen atoms in total. The molecule has 0 fully saturated rings. The second-order valence-corrected chi connectivity index (χ2v) is 4.04. The molecule has 0 aliphatic heterocycles. The lowest BCUT2D eigenvalue weighted by Crippen LogP contribution is -2.27. The highest BCUT2D eigenvalue weighted by Crippen LogP contribution is 1.71. The predicted molar refractivity (Wildman–Crippen MR) is 36.9 cm³/mol. The van der Waals surface area contributed by atoms with Gasteiger partial charge in [-0.1, -0.05) is 19.2 Å². The van der Waals surface area contributed by atoms with Crippen LogP contribution in [0.4, 0.5) is 0 Å². The minimum absolute atomic E-state index is 0.667. The summed E-state index contributed by atoms with van der Waals surface area (Å²) in [6.45, 7) is 9.10. The Morgan fingerprint density at radius 1 is 1.86 bits per heavy atom. The van der Waals surface area contributed by atoms with Gasteiger partial charge in [0.25, 0.3) is 0 Å². The van der Waals surface area contributed by atoms with Gasteiger partial charge in [0.15, 0.2) is 0 Å². The Balaban J connectivity index is 2.98. The molecule has 0 heterocycles. The Morgan fingerprint density at radius 2 is 2.43 bits per heavy atom. The standard InChI is InChI=1S/C5H13NSi/c1-4-6-7(3)5-2/h5-7H,2,4H2,1,3H3. The van der Waals surface area contributed by atoms with E-state index in [4.69, 9.17) is 0 Å². The molecule has 42 valence electrons. The number of rotatable bonds is 3. The first-order valence-corrected chi connectivity index (χ1v) is 5.07. The summed E-state index contributed by atoms with van der Waals surface area (Å²) >= 11 is 0. The third kappa shape index (κ3) is 3.75. The molecule has 0 bridgehead atoms. The van der Waals surface area contributed by atoms with Gasteiger partial charge < -0.3 is 4.98 Å². The molecule has 0 aromatic rings. The van der Waals surface area contributed by atoms with E-state index in [2.05, 4.69) is 25.0 Å². The molecule has 7 heavy (non-hydrogen) atoms. The second-order valence-electron chi connectivity index (χ2n) is 1.58. The molecule has 0 aromatic carbocycles. The van der Waals surface area contributed by atoms with Gasteiger partial charge in [0.1, 0.15) is 8.96 Å². The van der Waals surface area contributed by atoms with Crippen molar-refractivity contribution in [3.8, 4) is 0 Å². The number of hydrogen-bond acceptors (Lipinski definition) is 1. The maximum atomic E-state index is 3.68. The summed E-state index contributed by atoms with van der Waals surface area (Å²) in [5.74, 6) is 0. The summed E-state index contributed by atoms with van der Waals surface area (Å²) in [6, 6.07) is 0. The Kier molecular flexibility index (Phi) is 4.04. The molecule has 0 saturated heterocycles. The topological polar surface area (TPSA) is 12.0 Å². The van der Waals surface area contributed by atoms with Crippen molar-refractivity contribution in [3.05, 3.63) is 12.3 Å². The van der Waals surface area contributed by atoms with E-state index in [1.54, 1.807) is 0 Å². The zero-order valence-corrected chi connectivity index (χ0v) is 6.22. The monoisotopic (exact) mass is 115 g/mol. The van der Waals surface area contributed by atoms with Crippen LogP contribution >= 0.6 is 0 Å². The summed E-state index contributed by atoms with van der Waals surface area (Å²) in [6.07, 6.45) is 0. The zero-order chi connectivity index (χ0) is 5.70. The molecule has 0 rings (SSSR count). The molecule has 0 aromatic heterocycles. The van der Waals surface area contributed by atoms with Crippen LogP contribution in [0.5, 0.6) is 0 Å². The van der Waals surface area contributed by atoms with Gasteiger partial charge >= 0.3 is 0 Å². The first-order valence-electron chi connectivity index (χ1n) is 2.67. The van der Waals surface area contributed by atoms with E-state index < -0.39 is 8.96 Å². The molecule has 0 spiro atoms. The molecule has 2 heteroatoms. The smallest absolute Gasteiger partial charge is 0.129 e. The molecular weight excluding hydrogens is 102 g/mol. The predicted octanol–water partition coefficient (Wildman–Crippen LogP) is 0.675. The number of hydrogen-bond donors (Lipinski definition) is 1. The third-order valence-electron chi connectivity index (χ3n) is 0.880. The lowest BCUT2D eigenvalue weighted by Gasteiger charge is -2.00. The van der Waals surface area contributed by atoms with Gasteiger partial charge in [0.2, 0.25) is 0 Å². The molecule has 0 amide bonds. The fourth-order valence-corrected chi connectivity index (χ4v) is 1.22. The molecular formula is C5H13NSi. The van der Waals surface area contributed by atoms with Crippen molar-refractivity contribution in [1.82, 2.24) is 4.98 Å². The first-order chi connectivity index (χ1) is 3.31. The van der Waals surface area contributed by atoms with Gasteiger partial charge in [0, 0.05) is 0 Å². The van der Waals surface area contributed by atoms with Crippen LogP contribution in [-0.2, 0) is 0 Å². The van der Waals surface area contributed by atoms with E-state index in [0.29, 0.717) is 0 Å². The highest BCUT2D eigenvalue weighted by atomic mass is 28.3. The van der Waals surface area contributed by atoms with Gasteiger partial charge in [-0.3, -0.25) is 0 Å². The van der Waals surface area contributed by atoms with Crippen LogP contribution in [0.25, 0.3) is 0 Å². The van der Waals surface area contributed by atoms with Gasteiger partial charge in [-0.25, -0.2) is 0 Å². The van der Waals surface area contributed by atoms with Gasteiger partial charge in [-0.15, -0.1) is 6.58 Å². The summed E-state index contributed by atoms with van der Waals surface area (Å²) < 4.78 is 0. The zero-order valence-electron chi connectivity index (χ0n) is 5.07. The van der Waals surface area contributed by atoms with Gasteiger partial charge in [-0.05, 0) is 6.54 Å². The molecule has 1 atom stereocenters. The van der Waals surface area contributed by atoms with Crippen LogP contribution < -0.4 is 4.98 Å². The fourth-order valence-electron chi connectivity index (χ4n) is 0.405. The van der Waals surface area contributed by atoms with Crippen LogP contribution in [0.3, 0.4) is 0 Å². The first kappa shape index (κ1) is 6.92. The maximum Gasteiger partial charge on any atom is 0.129 e. The molecule has 0 aliphatic carbocycles. The fraction of sp³-hybridized carbons (Fsp3) is 0.600. The van der Waals surface area contributed by atoms with Crippen molar-refractivity contribution in [2.45, 2.75) is 13.5 Å². The van der Waals surface area contributed by atoms with Crippen molar-refractivity contribution in [2.75, 3.05) is 6.54 Å². The summed E-state index contributed by atoms with van der Waals surface area (Å²) in [7, 11) is -0.667. The highest BCUT2D eigenvalue weighted by Gasteiger charge is 1.89. The van der Waals surface area contributed by atoms with E-state index in [1.165, 1.54) is 0 Å². The molecule has 1 unspecified atom stereocenters. The molecule has 0 radical (unpaired) electrons. The lowest BCUT2D eigenvalue weighted by atomic mass is 10.8. The van der Waals surface area contributed by atoms with Crippen molar-refractivity contribution < 1.29 is 0 Å².